The molecule has 2 N–H and O–H groups in total. The highest BCUT2D eigenvalue weighted by atomic mass is 35.5. The first kappa shape index (κ1) is 30.2. The summed E-state index contributed by atoms with van der Waals surface area (Å²) in [6.45, 7) is 7.58. The Morgan fingerprint density at radius 3 is 2.84 bits per heavy atom. The minimum absolute atomic E-state index is 0.0446. The van der Waals surface area contributed by atoms with Crippen molar-refractivity contribution in [3.8, 4) is 5.75 Å². The molecule has 3 aliphatic carbocycles. The van der Waals surface area contributed by atoms with Crippen LogP contribution in [0.2, 0.25) is 5.02 Å². The average Bonchev–Trinajstić information content (AvgIpc) is 3.71. The van der Waals surface area contributed by atoms with Gasteiger partial charge in [0.1, 0.15) is 5.75 Å². The van der Waals surface area contributed by atoms with E-state index in [9.17, 15) is 18.3 Å². The summed E-state index contributed by atoms with van der Waals surface area (Å²) < 4.78 is 34.5. The molecule has 0 saturated heterocycles. The number of anilines is 1. The topological polar surface area (TPSA) is 95.9 Å². The maximum Gasteiger partial charge on any atom is 0.264 e. The fraction of sp³-hybridized carbons (Fsp3) is 0.500. The van der Waals surface area contributed by atoms with E-state index in [1.807, 2.05) is 25.1 Å². The molecule has 9 heteroatoms. The van der Waals surface area contributed by atoms with Gasteiger partial charge in [-0.15, -0.1) is 6.58 Å². The molecule has 1 aliphatic heterocycles. The molecule has 2 aromatic carbocycles. The normalized spacial score (nSPS) is 28.7. The fourth-order valence-corrected chi connectivity index (χ4v) is 9.08. The fourth-order valence-electron chi connectivity index (χ4n) is 7.45. The summed E-state index contributed by atoms with van der Waals surface area (Å²) in [5.41, 5.74) is 3.27. The molecule has 43 heavy (non-hydrogen) atoms. The zero-order valence-corrected chi connectivity index (χ0v) is 26.2. The Morgan fingerprint density at radius 1 is 1.26 bits per heavy atom. The van der Waals surface area contributed by atoms with Gasteiger partial charge in [0.25, 0.3) is 5.91 Å². The Kier molecular flexibility index (Phi) is 8.39. The van der Waals surface area contributed by atoms with E-state index < -0.39 is 22.0 Å². The number of allylic oxidation sites excluding steroid dienone is 2. The minimum Gasteiger partial charge on any atom is -0.490 e. The number of sulfonamides is 1. The molecule has 2 aromatic rings. The summed E-state index contributed by atoms with van der Waals surface area (Å²) in [6, 6.07) is 11.3. The Morgan fingerprint density at radius 2 is 2.09 bits per heavy atom. The smallest absolute Gasteiger partial charge is 0.264 e. The van der Waals surface area contributed by atoms with Gasteiger partial charge >= 0.3 is 0 Å². The maximum atomic E-state index is 13.3. The van der Waals surface area contributed by atoms with Gasteiger partial charge in [-0.2, -0.15) is 0 Å². The highest BCUT2D eigenvalue weighted by Gasteiger charge is 2.44. The Balaban J connectivity index is 1.30. The molecular weight excluding hydrogens is 584 g/mol. The van der Waals surface area contributed by atoms with Crippen LogP contribution < -0.4 is 14.4 Å². The average molecular weight is 625 g/mol. The predicted octanol–water partition coefficient (Wildman–Crippen LogP) is 5.66. The van der Waals surface area contributed by atoms with Gasteiger partial charge in [0.2, 0.25) is 10.0 Å². The first-order valence-electron chi connectivity index (χ1n) is 15.4. The van der Waals surface area contributed by atoms with E-state index >= 15 is 0 Å². The minimum atomic E-state index is -3.78. The lowest BCUT2D eigenvalue weighted by Crippen LogP contribution is -2.49. The Bertz CT molecular complexity index is 1540. The zero-order chi connectivity index (χ0) is 30.4. The molecular formula is C34H41ClN2O5S. The summed E-state index contributed by atoms with van der Waals surface area (Å²) in [6.07, 6.45) is 10.7. The van der Waals surface area contributed by atoms with Crippen molar-refractivity contribution in [3.63, 3.8) is 0 Å². The van der Waals surface area contributed by atoms with Crippen molar-refractivity contribution < 1.29 is 23.1 Å². The first-order chi connectivity index (χ1) is 20.6. The van der Waals surface area contributed by atoms with Crippen LogP contribution in [-0.2, 0) is 21.9 Å². The lowest BCUT2D eigenvalue weighted by molar-refractivity contribution is 0.0460. The van der Waals surface area contributed by atoms with Crippen LogP contribution in [0, 0.1) is 23.7 Å². The van der Waals surface area contributed by atoms with Crippen LogP contribution in [0.5, 0.6) is 5.75 Å². The number of benzene rings is 2. The number of fused-ring (bicyclic) bond motifs is 3. The largest absolute Gasteiger partial charge is 0.490 e. The van der Waals surface area contributed by atoms with Gasteiger partial charge in [0, 0.05) is 29.1 Å². The van der Waals surface area contributed by atoms with Crippen LogP contribution in [0.25, 0.3) is 0 Å². The van der Waals surface area contributed by atoms with Crippen molar-refractivity contribution in [1.29, 1.82) is 0 Å². The van der Waals surface area contributed by atoms with E-state index in [4.69, 9.17) is 16.3 Å². The third-order valence-electron chi connectivity index (χ3n) is 10.0. The number of hydrogen-bond acceptors (Lipinski definition) is 6. The van der Waals surface area contributed by atoms with Crippen LogP contribution in [0.1, 0.15) is 60.5 Å². The molecule has 1 amide bonds. The quantitative estimate of drug-likeness (QED) is 0.350. The third kappa shape index (κ3) is 6.24. The van der Waals surface area contributed by atoms with Crippen molar-refractivity contribution in [2.45, 2.75) is 57.0 Å². The van der Waals surface area contributed by atoms with E-state index in [0.29, 0.717) is 25.4 Å². The number of aliphatic hydroxyl groups excluding tert-OH is 1. The van der Waals surface area contributed by atoms with Crippen LogP contribution in [0.15, 0.2) is 61.2 Å². The molecule has 2 fully saturated rings. The van der Waals surface area contributed by atoms with E-state index in [1.54, 1.807) is 24.3 Å². The van der Waals surface area contributed by atoms with Gasteiger partial charge < -0.3 is 14.7 Å². The number of nitrogens with one attached hydrogen (secondary N) is 1. The molecule has 230 valence electrons. The monoisotopic (exact) mass is 624 g/mol. The second kappa shape index (κ2) is 11.9. The molecule has 1 spiro atoms. The van der Waals surface area contributed by atoms with E-state index in [0.717, 1.165) is 49.2 Å². The van der Waals surface area contributed by atoms with Crippen molar-refractivity contribution >= 4 is 33.2 Å². The number of rotatable bonds is 9. The molecule has 4 aliphatic rings. The van der Waals surface area contributed by atoms with Crippen LogP contribution in [-0.4, -0.2) is 51.0 Å². The van der Waals surface area contributed by atoms with Gasteiger partial charge in [-0.3, -0.25) is 4.79 Å². The van der Waals surface area contributed by atoms with Crippen molar-refractivity contribution in [2.24, 2.45) is 23.7 Å². The number of carbonyl (C=O) groups excluding carboxylic acids is 1. The standard InChI is InChI=1S/C34H41ClN2O5S/c1-3-6-22-15-26(22)19-43(40,41)36-33(39)24-9-13-32-30(17-24)37(18-25-8-11-28(25)31(38)4-2)20-34(21-42-32)14-5-7-23-16-27(35)10-12-29(23)34/h3-4,6,9-10,12-13,16-17,22,25-26,28,31,38H,2,5,7-8,11,14-15,18-21H2,1H3,(H,36,39)/b6-3+/t22?,25-,26?,28+,31?,34-/m0/s1. The summed E-state index contributed by atoms with van der Waals surface area (Å²) in [4.78, 5) is 15.6. The third-order valence-corrected chi connectivity index (χ3v) is 11.6. The highest BCUT2D eigenvalue weighted by Crippen LogP contribution is 2.47. The maximum absolute atomic E-state index is 13.3. The van der Waals surface area contributed by atoms with Crippen molar-refractivity contribution in [1.82, 2.24) is 4.72 Å². The molecule has 6 atom stereocenters. The van der Waals surface area contributed by atoms with Crippen LogP contribution in [0.3, 0.4) is 0 Å². The SMILES string of the molecule is C=CC(O)[C@@H]1CC[C@H]1CN1C[C@@]2(CCCc3cc(Cl)ccc32)COc2ccc(C(=O)NS(=O)(=O)CC3CC3/C=C/C)cc21. The lowest BCUT2D eigenvalue weighted by atomic mass is 9.68. The number of halogens is 1. The second-order valence-electron chi connectivity index (χ2n) is 12.9. The number of hydrogen-bond donors (Lipinski definition) is 2. The molecule has 2 saturated carbocycles. The molecule has 3 unspecified atom stereocenters. The number of nitrogens with zero attached hydrogens (tertiary/aromatic N) is 1. The Hall–Kier alpha value is -2.81. The van der Waals surface area contributed by atoms with E-state index in [1.165, 1.54) is 11.1 Å². The number of aryl methyl sites for hydroxylation is 1. The number of aliphatic hydroxyl groups is 1. The van der Waals surface area contributed by atoms with Crippen molar-refractivity contribution in [2.75, 3.05) is 30.3 Å². The molecule has 0 radical (unpaired) electrons. The lowest BCUT2D eigenvalue weighted by Gasteiger charge is -2.45. The summed E-state index contributed by atoms with van der Waals surface area (Å²) >= 11 is 6.38. The Labute approximate surface area is 260 Å². The van der Waals surface area contributed by atoms with E-state index in [2.05, 4.69) is 28.3 Å². The molecule has 7 nitrogen and oxygen atoms in total. The molecule has 6 rings (SSSR count). The molecule has 1 heterocycles. The van der Waals surface area contributed by atoms with Gasteiger partial charge in [-0.25, -0.2) is 13.1 Å². The number of ether oxygens (including phenoxy) is 1. The number of amides is 1. The van der Waals surface area contributed by atoms with Gasteiger partial charge in [-0.1, -0.05) is 35.9 Å². The highest BCUT2D eigenvalue weighted by molar-refractivity contribution is 7.90. The van der Waals surface area contributed by atoms with Crippen LogP contribution in [0.4, 0.5) is 5.69 Å². The van der Waals surface area contributed by atoms with Gasteiger partial charge in [-0.05, 0) is 111 Å². The summed E-state index contributed by atoms with van der Waals surface area (Å²) in [7, 11) is -3.78. The van der Waals surface area contributed by atoms with Crippen LogP contribution >= 0.6 is 11.6 Å². The van der Waals surface area contributed by atoms with Crippen molar-refractivity contribution in [3.05, 3.63) is 82.9 Å². The summed E-state index contributed by atoms with van der Waals surface area (Å²) in [5.74, 6) is 0.668. The molecule has 0 aromatic heterocycles. The second-order valence-corrected chi connectivity index (χ2v) is 15.1. The van der Waals surface area contributed by atoms with E-state index in [-0.39, 0.29) is 40.4 Å². The number of carbonyl (C=O) groups is 1. The zero-order valence-electron chi connectivity index (χ0n) is 24.7. The first-order valence-corrected chi connectivity index (χ1v) is 17.4. The van der Waals surface area contributed by atoms with Gasteiger partial charge in [0.15, 0.2) is 0 Å². The predicted molar refractivity (Wildman–Crippen MR) is 170 cm³/mol. The van der Waals surface area contributed by atoms with Gasteiger partial charge in [0.05, 0.1) is 24.2 Å². The summed E-state index contributed by atoms with van der Waals surface area (Å²) in [5, 5.41) is 11.3. The molecule has 0 bridgehead atoms.